The van der Waals surface area contributed by atoms with Crippen molar-refractivity contribution in [3.63, 3.8) is 0 Å². The van der Waals surface area contributed by atoms with Crippen LogP contribution in [0.5, 0.6) is 0 Å². The fourth-order valence-corrected chi connectivity index (χ4v) is 4.17. The molecule has 0 spiro atoms. The molecule has 0 radical (unpaired) electrons. The molecule has 11 heteroatoms. The largest absolute Gasteiger partial charge is 0.467 e. The number of nitrogens with two attached hydrogens (primary N) is 1. The van der Waals surface area contributed by atoms with E-state index in [-0.39, 0.29) is 36.6 Å². The SMILES string of the molecule is COC(=O)C(CCC(=O)CC1CC(c2ccc(C(=N)N)cc2)=NO1)NC(=O)C1=Nc2ccccc2C1O. The number of esters is 1. The molecule has 2 aromatic carbocycles. The number of hydrogen-bond acceptors (Lipinski definition) is 9. The Labute approximate surface area is 212 Å². The number of aliphatic imine (C=N–C) groups is 1. The number of rotatable bonds is 10. The van der Waals surface area contributed by atoms with Gasteiger partial charge in [-0.15, -0.1) is 0 Å². The first-order valence-electron chi connectivity index (χ1n) is 11.7. The van der Waals surface area contributed by atoms with E-state index in [2.05, 4.69) is 15.5 Å². The first-order chi connectivity index (χ1) is 17.8. The van der Waals surface area contributed by atoms with Gasteiger partial charge in [-0.25, -0.2) is 9.79 Å². The summed E-state index contributed by atoms with van der Waals surface area (Å²) in [7, 11) is 1.19. The molecule has 0 fully saturated rings. The summed E-state index contributed by atoms with van der Waals surface area (Å²) in [4.78, 5) is 47.2. The van der Waals surface area contributed by atoms with Crippen molar-refractivity contribution >= 4 is 40.6 Å². The zero-order valence-corrected chi connectivity index (χ0v) is 20.1. The Hall–Kier alpha value is -4.38. The molecular weight excluding hydrogens is 478 g/mol. The number of amides is 1. The van der Waals surface area contributed by atoms with Gasteiger partial charge < -0.3 is 25.7 Å². The van der Waals surface area contributed by atoms with E-state index in [9.17, 15) is 19.5 Å². The molecule has 0 saturated heterocycles. The van der Waals surface area contributed by atoms with E-state index in [1.807, 2.05) is 0 Å². The first kappa shape index (κ1) is 25.7. The van der Waals surface area contributed by atoms with Crippen LogP contribution >= 0.6 is 0 Å². The van der Waals surface area contributed by atoms with Crippen molar-refractivity contribution < 1.29 is 29.1 Å². The summed E-state index contributed by atoms with van der Waals surface area (Å²) >= 11 is 0. The number of carbonyl (C=O) groups is 3. The molecule has 0 aliphatic carbocycles. The van der Waals surface area contributed by atoms with Crippen LogP contribution in [-0.2, 0) is 24.0 Å². The molecule has 0 bridgehead atoms. The van der Waals surface area contributed by atoms with Gasteiger partial charge in [0.25, 0.3) is 5.91 Å². The highest BCUT2D eigenvalue weighted by Crippen LogP contribution is 2.33. The molecule has 3 unspecified atom stereocenters. The number of nitrogens with one attached hydrogen (secondary N) is 2. The molecule has 37 heavy (non-hydrogen) atoms. The minimum Gasteiger partial charge on any atom is -0.467 e. The molecule has 0 aromatic heterocycles. The van der Waals surface area contributed by atoms with Crippen LogP contribution in [0, 0.1) is 5.41 Å². The van der Waals surface area contributed by atoms with E-state index in [1.54, 1.807) is 48.5 Å². The van der Waals surface area contributed by atoms with Crippen LogP contribution in [0.15, 0.2) is 58.7 Å². The number of nitrogens with zero attached hydrogens (tertiary/aromatic N) is 2. The summed E-state index contributed by atoms with van der Waals surface area (Å²) in [5, 5.41) is 24.5. The summed E-state index contributed by atoms with van der Waals surface area (Å²) in [6.45, 7) is 0. The van der Waals surface area contributed by atoms with Crippen LogP contribution < -0.4 is 11.1 Å². The molecule has 4 rings (SSSR count). The maximum atomic E-state index is 12.8. The van der Waals surface area contributed by atoms with Gasteiger partial charge >= 0.3 is 5.97 Å². The molecule has 11 nitrogen and oxygen atoms in total. The van der Waals surface area contributed by atoms with E-state index >= 15 is 0 Å². The number of Topliss-reactive ketones (excluding diaryl/α,β-unsaturated/α-hetero) is 1. The topological polar surface area (TPSA) is 177 Å². The number of benzene rings is 2. The van der Waals surface area contributed by atoms with E-state index in [4.69, 9.17) is 20.7 Å². The number of amidine groups is 1. The highest BCUT2D eigenvalue weighted by atomic mass is 16.6. The third kappa shape index (κ3) is 5.89. The number of aliphatic hydroxyl groups excluding tert-OH is 1. The van der Waals surface area contributed by atoms with Crippen LogP contribution in [0.3, 0.4) is 0 Å². The molecule has 192 valence electrons. The molecule has 2 aliphatic rings. The highest BCUT2D eigenvalue weighted by molar-refractivity contribution is 6.42. The molecule has 0 saturated carbocycles. The van der Waals surface area contributed by atoms with Gasteiger partial charge in [0.2, 0.25) is 0 Å². The summed E-state index contributed by atoms with van der Waals surface area (Å²) in [5.74, 6) is -1.61. The monoisotopic (exact) mass is 505 g/mol. The van der Waals surface area contributed by atoms with Crippen LogP contribution in [0.2, 0.25) is 0 Å². The Morgan fingerprint density at radius 2 is 1.95 bits per heavy atom. The number of ether oxygens (including phenoxy) is 1. The third-order valence-corrected chi connectivity index (χ3v) is 6.18. The van der Waals surface area contributed by atoms with Crippen molar-refractivity contribution in [3.05, 3.63) is 65.2 Å². The van der Waals surface area contributed by atoms with Gasteiger partial charge in [-0.1, -0.05) is 47.6 Å². The number of fused-ring (bicyclic) bond motifs is 1. The van der Waals surface area contributed by atoms with Crippen LogP contribution in [0.1, 0.15) is 48.5 Å². The van der Waals surface area contributed by atoms with Gasteiger partial charge in [-0.3, -0.25) is 15.0 Å². The van der Waals surface area contributed by atoms with Crippen LogP contribution in [0.4, 0.5) is 5.69 Å². The summed E-state index contributed by atoms with van der Waals surface area (Å²) in [5.41, 5.74) is 8.44. The fraction of sp³-hybridized carbons (Fsp3) is 0.308. The minimum absolute atomic E-state index is 0.00218. The number of aliphatic hydroxyl groups is 1. The summed E-state index contributed by atoms with van der Waals surface area (Å²) < 4.78 is 4.79. The Balaban J connectivity index is 1.29. The minimum atomic E-state index is -1.21. The van der Waals surface area contributed by atoms with E-state index < -0.39 is 30.1 Å². The number of nitrogen functional groups attached to an aromatic ring is 1. The second-order valence-corrected chi connectivity index (χ2v) is 8.75. The average molecular weight is 506 g/mol. The second kappa shape index (κ2) is 11.1. The second-order valence-electron chi connectivity index (χ2n) is 8.75. The first-order valence-corrected chi connectivity index (χ1v) is 11.7. The zero-order chi connectivity index (χ0) is 26.5. The molecule has 2 heterocycles. The molecule has 2 aromatic rings. The maximum Gasteiger partial charge on any atom is 0.328 e. The Bertz CT molecular complexity index is 1290. The molecule has 2 aliphatic heterocycles. The lowest BCUT2D eigenvalue weighted by molar-refractivity contribution is -0.144. The lowest BCUT2D eigenvalue weighted by Crippen LogP contribution is -2.45. The number of oxime groups is 1. The van der Waals surface area contributed by atoms with Crippen molar-refractivity contribution in [2.75, 3.05) is 7.11 Å². The molecular formula is C26H27N5O6. The fourth-order valence-electron chi connectivity index (χ4n) is 4.17. The van der Waals surface area contributed by atoms with Crippen molar-refractivity contribution in [1.29, 1.82) is 5.41 Å². The number of hydrogen-bond donors (Lipinski definition) is 4. The number of carbonyl (C=O) groups excluding carboxylic acids is 3. The predicted octanol–water partition coefficient (Wildman–Crippen LogP) is 1.68. The summed E-state index contributed by atoms with van der Waals surface area (Å²) in [6, 6.07) is 12.7. The molecule has 5 N–H and O–H groups in total. The van der Waals surface area contributed by atoms with Crippen molar-refractivity contribution in [1.82, 2.24) is 5.32 Å². The quantitative estimate of drug-likeness (QED) is 0.216. The maximum absolute atomic E-state index is 12.8. The van der Waals surface area contributed by atoms with Gasteiger partial charge in [-0.05, 0) is 18.1 Å². The van der Waals surface area contributed by atoms with Gasteiger partial charge in [0.15, 0.2) is 0 Å². The van der Waals surface area contributed by atoms with Crippen LogP contribution in [-0.4, -0.2) is 59.3 Å². The lowest BCUT2D eigenvalue weighted by Gasteiger charge is -2.17. The lowest BCUT2D eigenvalue weighted by atomic mass is 9.99. The van der Waals surface area contributed by atoms with E-state index in [0.29, 0.717) is 28.9 Å². The number of methoxy groups -OCH3 is 1. The number of para-hydroxylation sites is 1. The summed E-state index contributed by atoms with van der Waals surface area (Å²) in [6.07, 6.45) is -1.12. The third-order valence-electron chi connectivity index (χ3n) is 6.18. The Morgan fingerprint density at radius 3 is 2.62 bits per heavy atom. The predicted molar refractivity (Wildman–Crippen MR) is 135 cm³/mol. The zero-order valence-electron chi connectivity index (χ0n) is 20.1. The standard InChI is InChI=1S/C26H27N5O6/c1-36-26(35)20(30-25(34)22-23(33)18-4-2-3-5-19(18)29-22)11-10-16(32)12-17-13-21(31-37-17)14-6-8-15(9-7-14)24(27)28/h2-9,17,20,23,33H,10-13H2,1H3,(H3,27,28)(H,30,34). The number of ketones is 1. The van der Waals surface area contributed by atoms with Crippen molar-refractivity contribution in [2.45, 2.75) is 43.9 Å². The van der Waals surface area contributed by atoms with E-state index in [0.717, 1.165) is 5.56 Å². The molecule has 1 amide bonds. The van der Waals surface area contributed by atoms with Crippen molar-refractivity contribution in [2.24, 2.45) is 15.9 Å². The normalized spacial score (nSPS) is 18.6. The van der Waals surface area contributed by atoms with Gasteiger partial charge in [-0.2, -0.15) is 0 Å². The van der Waals surface area contributed by atoms with Crippen molar-refractivity contribution in [3.8, 4) is 0 Å². The van der Waals surface area contributed by atoms with Gasteiger partial charge in [0.1, 0.15) is 35.6 Å². The molecule has 3 atom stereocenters. The Morgan fingerprint density at radius 1 is 1.22 bits per heavy atom. The van der Waals surface area contributed by atoms with Gasteiger partial charge in [0.05, 0.1) is 18.5 Å². The van der Waals surface area contributed by atoms with Crippen LogP contribution in [0.25, 0.3) is 0 Å². The van der Waals surface area contributed by atoms with E-state index in [1.165, 1.54) is 7.11 Å². The highest BCUT2D eigenvalue weighted by Gasteiger charge is 2.33. The van der Waals surface area contributed by atoms with Gasteiger partial charge in [0, 0.05) is 30.4 Å². The Kier molecular flexibility index (Phi) is 7.73. The average Bonchev–Trinajstić information content (AvgIpc) is 3.50. The smallest absolute Gasteiger partial charge is 0.328 e.